The standard InChI is InChI=1S/C17H25N3O4/c1-13-5-4-6-14(11-13)19-7-9-20(10-8-19)17(22)16(21)18-12-15(23-2)24-3/h4-6,11,15H,7-10,12H2,1-3H3,(H,18,21). The van der Waals surface area contributed by atoms with E-state index in [1.54, 1.807) is 4.90 Å². The summed E-state index contributed by atoms with van der Waals surface area (Å²) in [5, 5.41) is 2.54. The third-order valence-corrected chi connectivity index (χ3v) is 4.08. The molecule has 1 aliphatic rings. The first-order valence-corrected chi connectivity index (χ1v) is 7.99. The van der Waals surface area contributed by atoms with Crippen LogP contribution in [0.3, 0.4) is 0 Å². The molecule has 0 aliphatic carbocycles. The number of hydrogen-bond donors (Lipinski definition) is 1. The molecular formula is C17H25N3O4. The van der Waals surface area contributed by atoms with Crippen LogP contribution >= 0.6 is 0 Å². The van der Waals surface area contributed by atoms with Gasteiger partial charge in [0.2, 0.25) is 0 Å². The van der Waals surface area contributed by atoms with Gasteiger partial charge < -0.3 is 24.6 Å². The molecule has 1 aliphatic heterocycles. The zero-order valence-electron chi connectivity index (χ0n) is 14.4. The van der Waals surface area contributed by atoms with Gasteiger partial charge in [-0.15, -0.1) is 0 Å². The SMILES string of the molecule is COC(CNC(=O)C(=O)N1CCN(c2cccc(C)c2)CC1)OC. The number of rotatable bonds is 5. The number of aryl methyl sites for hydroxylation is 1. The number of nitrogens with one attached hydrogen (secondary N) is 1. The Morgan fingerprint density at radius 3 is 2.42 bits per heavy atom. The first kappa shape index (κ1) is 18.2. The molecule has 0 unspecified atom stereocenters. The summed E-state index contributed by atoms with van der Waals surface area (Å²) < 4.78 is 9.96. The lowest BCUT2D eigenvalue weighted by atomic mass is 10.2. The molecule has 0 bridgehead atoms. The highest BCUT2D eigenvalue weighted by atomic mass is 16.7. The van der Waals surface area contributed by atoms with Gasteiger partial charge in [-0.3, -0.25) is 9.59 Å². The fourth-order valence-corrected chi connectivity index (χ4v) is 2.65. The Morgan fingerprint density at radius 1 is 1.17 bits per heavy atom. The van der Waals surface area contributed by atoms with E-state index in [2.05, 4.69) is 35.3 Å². The number of piperazine rings is 1. The lowest BCUT2D eigenvalue weighted by Gasteiger charge is -2.35. The number of methoxy groups -OCH3 is 2. The fraction of sp³-hybridized carbons (Fsp3) is 0.529. The topological polar surface area (TPSA) is 71.1 Å². The van der Waals surface area contributed by atoms with E-state index in [0.29, 0.717) is 26.2 Å². The smallest absolute Gasteiger partial charge is 0.312 e. The third kappa shape index (κ3) is 4.69. The zero-order valence-corrected chi connectivity index (χ0v) is 14.4. The minimum absolute atomic E-state index is 0.140. The van der Waals surface area contributed by atoms with Crippen LogP contribution in [-0.4, -0.2) is 69.9 Å². The van der Waals surface area contributed by atoms with E-state index in [0.717, 1.165) is 5.69 Å². The molecule has 132 valence electrons. The summed E-state index contributed by atoms with van der Waals surface area (Å²) >= 11 is 0. The number of amides is 2. The van der Waals surface area contributed by atoms with Crippen LogP contribution in [0, 0.1) is 6.92 Å². The predicted octanol–water partition coefficient (Wildman–Crippen LogP) is 0.379. The minimum atomic E-state index is -0.627. The van der Waals surface area contributed by atoms with Crippen LogP contribution in [0.15, 0.2) is 24.3 Å². The molecule has 0 atom stereocenters. The number of anilines is 1. The van der Waals surface area contributed by atoms with Crippen LogP contribution in [0.2, 0.25) is 0 Å². The van der Waals surface area contributed by atoms with Gasteiger partial charge in [-0.1, -0.05) is 12.1 Å². The second-order valence-corrected chi connectivity index (χ2v) is 5.73. The zero-order chi connectivity index (χ0) is 17.5. The first-order valence-electron chi connectivity index (χ1n) is 7.99. The van der Waals surface area contributed by atoms with Crippen molar-refractivity contribution in [3.05, 3.63) is 29.8 Å². The number of nitrogens with zero attached hydrogens (tertiary/aromatic N) is 2. The Bertz CT molecular complexity index is 567. The van der Waals surface area contributed by atoms with Crippen LogP contribution in [0.4, 0.5) is 5.69 Å². The molecule has 0 spiro atoms. The van der Waals surface area contributed by atoms with Crippen molar-refractivity contribution in [2.45, 2.75) is 13.2 Å². The fourth-order valence-electron chi connectivity index (χ4n) is 2.65. The van der Waals surface area contributed by atoms with Gasteiger partial charge in [0.25, 0.3) is 0 Å². The summed E-state index contributed by atoms with van der Waals surface area (Å²) in [5.74, 6) is -1.14. The van der Waals surface area contributed by atoms with Crippen molar-refractivity contribution in [3.8, 4) is 0 Å². The molecule has 24 heavy (non-hydrogen) atoms. The molecule has 0 saturated carbocycles. The summed E-state index contributed by atoms with van der Waals surface area (Å²) in [6.07, 6.45) is -0.556. The van der Waals surface area contributed by atoms with Gasteiger partial charge in [0.05, 0.1) is 6.54 Å². The highest BCUT2D eigenvalue weighted by molar-refractivity contribution is 6.35. The summed E-state index contributed by atoms with van der Waals surface area (Å²) in [6, 6.07) is 8.27. The summed E-state index contributed by atoms with van der Waals surface area (Å²) in [6.45, 7) is 4.67. The number of ether oxygens (including phenoxy) is 2. The molecule has 1 heterocycles. The maximum atomic E-state index is 12.2. The van der Waals surface area contributed by atoms with Gasteiger partial charge in [0, 0.05) is 46.1 Å². The Morgan fingerprint density at radius 2 is 1.83 bits per heavy atom. The molecule has 2 rings (SSSR count). The maximum Gasteiger partial charge on any atom is 0.312 e. The van der Waals surface area contributed by atoms with Crippen LogP contribution in [0.25, 0.3) is 0 Å². The third-order valence-electron chi connectivity index (χ3n) is 4.08. The molecule has 1 aromatic carbocycles. The molecule has 1 fully saturated rings. The molecule has 1 N–H and O–H groups in total. The van der Waals surface area contributed by atoms with Gasteiger partial charge in [-0.2, -0.15) is 0 Å². The van der Waals surface area contributed by atoms with Gasteiger partial charge in [-0.25, -0.2) is 0 Å². The predicted molar refractivity (Wildman–Crippen MR) is 90.8 cm³/mol. The largest absolute Gasteiger partial charge is 0.368 e. The first-order chi connectivity index (χ1) is 11.5. The van der Waals surface area contributed by atoms with Crippen molar-refractivity contribution in [2.75, 3.05) is 51.8 Å². The van der Waals surface area contributed by atoms with E-state index in [1.807, 2.05) is 6.07 Å². The Labute approximate surface area is 142 Å². The van der Waals surface area contributed by atoms with E-state index in [4.69, 9.17) is 9.47 Å². The van der Waals surface area contributed by atoms with E-state index in [9.17, 15) is 9.59 Å². The normalized spacial score (nSPS) is 14.8. The molecule has 2 amide bonds. The second kappa shape index (κ2) is 8.65. The van der Waals surface area contributed by atoms with Crippen LogP contribution in [-0.2, 0) is 19.1 Å². The Balaban J connectivity index is 1.83. The van der Waals surface area contributed by atoms with Crippen molar-refractivity contribution in [2.24, 2.45) is 0 Å². The van der Waals surface area contributed by atoms with Gasteiger partial charge in [-0.05, 0) is 24.6 Å². The number of carbonyl (C=O) groups is 2. The summed E-state index contributed by atoms with van der Waals surface area (Å²) in [7, 11) is 2.96. The lowest BCUT2D eigenvalue weighted by Crippen LogP contribution is -2.53. The molecule has 1 aromatic rings. The van der Waals surface area contributed by atoms with Gasteiger partial charge in [0.1, 0.15) is 0 Å². The molecule has 1 saturated heterocycles. The maximum absolute atomic E-state index is 12.2. The minimum Gasteiger partial charge on any atom is -0.368 e. The number of hydrogen-bond acceptors (Lipinski definition) is 5. The van der Waals surface area contributed by atoms with E-state index >= 15 is 0 Å². The van der Waals surface area contributed by atoms with E-state index in [1.165, 1.54) is 19.8 Å². The van der Waals surface area contributed by atoms with Crippen LogP contribution in [0.5, 0.6) is 0 Å². The average Bonchev–Trinajstić information content (AvgIpc) is 2.62. The van der Waals surface area contributed by atoms with Crippen molar-refractivity contribution in [1.82, 2.24) is 10.2 Å². The van der Waals surface area contributed by atoms with Crippen molar-refractivity contribution < 1.29 is 19.1 Å². The van der Waals surface area contributed by atoms with Gasteiger partial charge in [0.15, 0.2) is 6.29 Å². The monoisotopic (exact) mass is 335 g/mol. The van der Waals surface area contributed by atoms with E-state index in [-0.39, 0.29) is 6.54 Å². The Kier molecular flexibility index (Phi) is 6.57. The molecule has 7 heteroatoms. The van der Waals surface area contributed by atoms with Crippen LogP contribution < -0.4 is 10.2 Å². The number of benzene rings is 1. The van der Waals surface area contributed by atoms with E-state index < -0.39 is 18.1 Å². The average molecular weight is 335 g/mol. The summed E-state index contributed by atoms with van der Waals surface area (Å²) in [4.78, 5) is 27.9. The Hall–Kier alpha value is -2.12. The number of carbonyl (C=O) groups excluding carboxylic acids is 2. The highest BCUT2D eigenvalue weighted by Crippen LogP contribution is 2.17. The lowest BCUT2D eigenvalue weighted by molar-refractivity contribution is -0.148. The van der Waals surface area contributed by atoms with Crippen LogP contribution in [0.1, 0.15) is 5.56 Å². The quantitative estimate of drug-likeness (QED) is 0.622. The highest BCUT2D eigenvalue weighted by Gasteiger charge is 2.26. The molecule has 0 radical (unpaired) electrons. The van der Waals surface area contributed by atoms with Crippen molar-refractivity contribution in [3.63, 3.8) is 0 Å². The van der Waals surface area contributed by atoms with Crippen molar-refractivity contribution >= 4 is 17.5 Å². The molecular weight excluding hydrogens is 310 g/mol. The van der Waals surface area contributed by atoms with Gasteiger partial charge >= 0.3 is 11.8 Å². The molecule has 7 nitrogen and oxygen atoms in total. The molecule has 0 aromatic heterocycles. The second-order valence-electron chi connectivity index (χ2n) is 5.73. The summed E-state index contributed by atoms with van der Waals surface area (Å²) in [5.41, 5.74) is 2.35. The van der Waals surface area contributed by atoms with Crippen molar-refractivity contribution in [1.29, 1.82) is 0 Å².